The van der Waals surface area contributed by atoms with Gasteiger partial charge >= 0.3 is 6.18 Å². The molecule has 38 heavy (non-hydrogen) atoms. The van der Waals surface area contributed by atoms with Gasteiger partial charge in [-0.05, 0) is 74.3 Å². The summed E-state index contributed by atoms with van der Waals surface area (Å²) in [7, 11) is 0. The van der Waals surface area contributed by atoms with E-state index in [1.807, 2.05) is 30.9 Å². The van der Waals surface area contributed by atoms with Crippen LogP contribution in [0.1, 0.15) is 98.8 Å². The molecule has 1 fully saturated rings. The number of halogens is 3. The van der Waals surface area contributed by atoms with E-state index in [9.17, 15) is 22.8 Å². The van der Waals surface area contributed by atoms with Crippen molar-refractivity contribution in [3.63, 3.8) is 0 Å². The molecule has 0 aromatic heterocycles. The number of alkyl halides is 3. The van der Waals surface area contributed by atoms with Gasteiger partial charge in [-0.1, -0.05) is 51.5 Å². The summed E-state index contributed by atoms with van der Waals surface area (Å²) < 4.78 is 39.4. The predicted octanol–water partition coefficient (Wildman–Crippen LogP) is 6.92. The molecule has 0 radical (unpaired) electrons. The first-order chi connectivity index (χ1) is 18.1. The molecule has 204 valence electrons. The lowest BCUT2D eigenvalue weighted by Gasteiger charge is -2.45. The fourth-order valence-electron chi connectivity index (χ4n) is 5.72. The van der Waals surface area contributed by atoms with Gasteiger partial charge in [0.05, 0.1) is 11.6 Å². The molecule has 0 bridgehead atoms. The van der Waals surface area contributed by atoms with Crippen molar-refractivity contribution in [2.45, 2.75) is 83.6 Å². The number of aliphatic imine (C=N–C) groups is 1. The third-order valence-electron chi connectivity index (χ3n) is 7.95. The second kappa shape index (κ2) is 11.3. The van der Waals surface area contributed by atoms with E-state index in [0.717, 1.165) is 56.2 Å². The van der Waals surface area contributed by atoms with Gasteiger partial charge in [0.1, 0.15) is 11.4 Å². The first-order valence-electron chi connectivity index (χ1n) is 13.6. The lowest BCUT2D eigenvalue weighted by atomic mass is 9.79. The monoisotopic (exact) mass is 527 g/mol. The Morgan fingerprint density at radius 3 is 2.21 bits per heavy atom. The molecule has 2 aromatic carbocycles. The van der Waals surface area contributed by atoms with Crippen LogP contribution >= 0.6 is 0 Å². The van der Waals surface area contributed by atoms with Gasteiger partial charge in [-0.25, -0.2) is 0 Å². The van der Waals surface area contributed by atoms with Crippen LogP contribution in [0.25, 0.3) is 0 Å². The molecule has 2 aliphatic rings. The van der Waals surface area contributed by atoms with Crippen LogP contribution in [-0.4, -0.2) is 34.6 Å². The Morgan fingerprint density at radius 1 is 1.05 bits per heavy atom. The van der Waals surface area contributed by atoms with E-state index in [1.165, 1.54) is 12.1 Å². The van der Waals surface area contributed by atoms with E-state index in [0.29, 0.717) is 30.0 Å². The van der Waals surface area contributed by atoms with E-state index >= 15 is 0 Å². The Labute approximate surface area is 222 Å². The number of amides is 2. The van der Waals surface area contributed by atoms with Crippen molar-refractivity contribution in [2.24, 2.45) is 10.9 Å². The molecular formula is C30H36F3N3O2. The van der Waals surface area contributed by atoms with Crippen LogP contribution in [-0.2, 0) is 11.0 Å². The quantitative estimate of drug-likeness (QED) is 0.405. The molecule has 0 saturated heterocycles. The van der Waals surface area contributed by atoms with Crippen molar-refractivity contribution in [3.05, 3.63) is 70.8 Å². The molecule has 0 unspecified atom stereocenters. The van der Waals surface area contributed by atoms with Gasteiger partial charge in [0.25, 0.3) is 11.8 Å². The number of carbonyl (C=O) groups is 2. The van der Waals surface area contributed by atoms with E-state index in [-0.39, 0.29) is 23.6 Å². The molecule has 1 atom stereocenters. The van der Waals surface area contributed by atoms with E-state index in [2.05, 4.69) is 12.2 Å². The largest absolute Gasteiger partial charge is 0.416 e. The maximum absolute atomic E-state index is 14.0. The van der Waals surface area contributed by atoms with Gasteiger partial charge in [0.15, 0.2) is 0 Å². The van der Waals surface area contributed by atoms with E-state index in [4.69, 9.17) is 4.99 Å². The van der Waals surface area contributed by atoms with E-state index in [1.54, 1.807) is 12.1 Å². The average molecular weight is 528 g/mol. The first-order valence-corrected chi connectivity index (χ1v) is 13.6. The summed E-state index contributed by atoms with van der Waals surface area (Å²) in [5.41, 5.74) is 0.622. The Hall–Kier alpha value is -3.16. The molecule has 1 saturated carbocycles. The van der Waals surface area contributed by atoms with Gasteiger partial charge in [0, 0.05) is 17.7 Å². The summed E-state index contributed by atoms with van der Waals surface area (Å²) in [6.07, 6.45) is 1.43. The second-order valence-electron chi connectivity index (χ2n) is 10.3. The third kappa shape index (κ3) is 5.49. The van der Waals surface area contributed by atoms with Crippen molar-refractivity contribution >= 4 is 17.5 Å². The van der Waals surface area contributed by atoms with Crippen LogP contribution < -0.4 is 5.32 Å². The number of hydrogen-bond donors (Lipinski definition) is 1. The average Bonchev–Trinajstić information content (AvgIpc) is 3.19. The minimum Gasteiger partial charge on any atom is -0.352 e. The fourth-order valence-corrected chi connectivity index (χ4v) is 5.72. The van der Waals surface area contributed by atoms with E-state index < -0.39 is 17.4 Å². The number of carbonyl (C=O) groups excluding carboxylic acids is 2. The molecule has 1 aliphatic heterocycles. The molecule has 4 rings (SSSR count). The lowest BCUT2D eigenvalue weighted by Crippen LogP contribution is -2.50. The molecule has 2 amide bonds. The standard InChI is InChI=1S/C30H36F3N3O2/c1-4-19-34-27(37)23-9-7-21(8-10-23)25(6-3)36-28(38)26(22-11-13-24(14-12-22)30(31,32)33)35-29(36)17-15-20(5-2)16-18-29/h7-14,20,25H,4-6,15-19H2,1-3H3,(H,34,37)/t20?,25-,29?/m1/s1. The van der Waals surface area contributed by atoms with Crippen LogP contribution in [0.3, 0.4) is 0 Å². The second-order valence-corrected chi connectivity index (χ2v) is 10.3. The Balaban J connectivity index is 1.68. The summed E-state index contributed by atoms with van der Waals surface area (Å²) in [6.45, 7) is 6.78. The molecule has 1 aliphatic carbocycles. The number of nitrogens with one attached hydrogen (secondary N) is 1. The SMILES string of the molecule is CCCNC(=O)c1ccc([C@@H](CC)N2C(=O)C(c3ccc(C(F)(F)F)cc3)=NC23CCC(CC)CC3)cc1. The smallest absolute Gasteiger partial charge is 0.352 e. The summed E-state index contributed by atoms with van der Waals surface area (Å²) in [5.74, 6) is 0.186. The third-order valence-corrected chi connectivity index (χ3v) is 7.95. The van der Waals surface area contributed by atoms with Crippen molar-refractivity contribution in [1.29, 1.82) is 0 Å². The van der Waals surface area contributed by atoms with Gasteiger partial charge in [0.2, 0.25) is 0 Å². The Bertz CT molecular complexity index is 1160. The molecule has 1 heterocycles. The zero-order valence-corrected chi connectivity index (χ0v) is 22.3. The van der Waals surface area contributed by atoms with Crippen LogP contribution in [0.4, 0.5) is 13.2 Å². The molecule has 5 nitrogen and oxygen atoms in total. The van der Waals surface area contributed by atoms with Crippen molar-refractivity contribution in [3.8, 4) is 0 Å². The van der Waals surface area contributed by atoms with Crippen molar-refractivity contribution in [2.75, 3.05) is 6.54 Å². The number of rotatable bonds is 8. The first kappa shape index (κ1) is 27.9. The molecule has 8 heteroatoms. The van der Waals surface area contributed by atoms with Gasteiger partial charge in [-0.3, -0.25) is 14.6 Å². The number of hydrogen-bond acceptors (Lipinski definition) is 3. The van der Waals surface area contributed by atoms with Crippen molar-refractivity contribution in [1.82, 2.24) is 10.2 Å². The summed E-state index contributed by atoms with van der Waals surface area (Å²) in [6, 6.07) is 11.8. The molecule has 1 N–H and O–H groups in total. The predicted molar refractivity (Wildman–Crippen MR) is 142 cm³/mol. The van der Waals surface area contributed by atoms with Crippen LogP contribution in [0, 0.1) is 5.92 Å². The summed E-state index contributed by atoms with van der Waals surface area (Å²) >= 11 is 0. The zero-order valence-electron chi connectivity index (χ0n) is 22.3. The Morgan fingerprint density at radius 2 is 1.68 bits per heavy atom. The molecular weight excluding hydrogens is 491 g/mol. The fraction of sp³-hybridized carbons (Fsp3) is 0.500. The highest BCUT2D eigenvalue weighted by Gasteiger charge is 2.51. The molecule has 2 aromatic rings. The highest BCUT2D eigenvalue weighted by atomic mass is 19.4. The number of nitrogens with zero attached hydrogens (tertiary/aromatic N) is 2. The van der Waals surface area contributed by atoms with Crippen molar-refractivity contribution < 1.29 is 22.8 Å². The van der Waals surface area contributed by atoms with Crippen LogP contribution in [0.15, 0.2) is 53.5 Å². The van der Waals surface area contributed by atoms with Crippen LogP contribution in [0.2, 0.25) is 0 Å². The van der Waals surface area contributed by atoms with Gasteiger partial charge in [-0.15, -0.1) is 0 Å². The zero-order chi connectivity index (χ0) is 27.5. The highest BCUT2D eigenvalue weighted by molar-refractivity contribution is 6.46. The normalized spacial score (nSPS) is 22.5. The maximum atomic E-state index is 14.0. The van der Waals surface area contributed by atoms with Gasteiger partial charge in [-0.2, -0.15) is 13.2 Å². The van der Waals surface area contributed by atoms with Gasteiger partial charge < -0.3 is 10.2 Å². The van der Waals surface area contributed by atoms with Crippen LogP contribution in [0.5, 0.6) is 0 Å². The minimum absolute atomic E-state index is 0.133. The Kier molecular flexibility index (Phi) is 8.28. The topological polar surface area (TPSA) is 61.8 Å². The maximum Gasteiger partial charge on any atom is 0.416 e. The molecule has 1 spiro atoms. The lowest BCUT2D eigenvalue weighted by molar-refractivity contribution is -0.137. The highest BCUT2D eigenvalue weighted by Crippen LogP contribution is 2.47. The summed E-state index contributed by atoms with van der Waals surface area (Å²) in [4.78, 5) is 33.2. The minimum atomic E-state index is -4.45. The summed E-state index contributed by atoms with van der Waals surface area (Å²) in [5, 5.41) is 2.87. The number of benzene rings is 2.